The van der Waals surface area contributed by atoms with Gasteiger partial charge >= 0.3 is 0 Å². The Hall–Kier alpha value is -1.67. The maximum atomic E-state index is 13.4. The van der Waals surface area contributed by atoms with Crippen molar-refractivity contribution < 1.29 is 4.79 Å². The third-order valence-corrected chi connectivity index (χ3v) is 10.1. The van der Waals surface area contributed by atoms with Gasteiger partial charge in [0.25, 0.3) is 0 Å². The summed E-state index contributed by atoms with van der Waals surface area (Å²) in [5.74, 6) is 5.41. The summed E-state index contributed by atoms with van der Waals surface area (Å²) in [7, 11) is 2.15. The van der Waals surface area contributed by atoms with Crippen LogP contribution in [0, 0.1) is 58.2 Å². The number of nitriles is 1. The normalized spacial score (nSPS) is 44.1. The summed E-state index contributed by atoms with van der Waals surface area (Å²) in [5.41, 5.74) is 0.615. The van der Waals surface area contributed by atoms with E-state index < -0.39 is 0 Å². The number of carbonyl (C=O) groups is 1. The quantitative estimate of drug-likeness (QED) is 0.779. The van der Waals surface area contributed by atoms with Crippen molar-refractivity contribution in [3.8, 4) is 6.07 Å². The van der Waals surface area contributed by atoms with Gasteiger partial charge in [0, 0.05) is 18.2 Å². The van der Waals surface area contributed by atoms with Gasteiger partial charge in [-0.2, -0.15) is 10.4 Å². The van der Waals surface area contributed by atoms with Gasteiger partial charge in [-0.1, -0.05) is 20.3 Å². The molecule has 4 aliphatic rings. The van der Waals surface area contributed by atoms with Crippen molar-refractivity contribution in [2.24, 2.45) is 46.8 Å². The molecule has 1 aromatic rings. The summed E-state index contributed by atoms with van der Waals surface area (Å²) < 4.78 is 1.66. The van der Waals surface area contributed by atoms with Crippen LogP contribution >= 0.6 is 0 Å². The van der Waals surface area contributed by atoms with Crippen molar-refractivity contribution in [1.82, 2.24) is 15.1 Å². The second-order valence-electron chi connectivity index (χ2n) is 11.5. The summed E-state index contributed by atoms with van der Waals surface area (Å²) in [6, 6.07) is 2.65. The number of fused-ring (bicyclic) bond motifs is 5. The van der Waals surface area contributed by atoms with Crippen LogP contribution in [-0.2, 0) is 11.3 Å². The summed E-state index contributed by atoms with van der Waals surface area (Å²) in [6.07, 6.45) is 13.6. The van der Waals surface area contributed by atoms with Gasteiger partial charge < -0.3 is 5.32 Å². The van der Waals surface area contributed by atoms with E-state index in [2.05, 4.69) is 37.4 Å². The molecule has 1 heterocycles. The van der Waals surface area contributed by atoms with E-state index in [-0.39, 0.29) is 11.3 Å². The van der Waals surface area contributed by atoms with E-state index in [4.69, 9.17) is 5.26 Å². The minimum Gasteiger partial charge on any atom is -0.317 e. The van der Waals surface area contributed by atoms with E-state index in [9.17, 15) is 4.79 Å². The summed E-state index contributed by atoms with van der Waals surface area (Å²) in [4.78, 5) is 13.4. The number of hydrogen-bond acceptors (Lipinski definition) is 4. The van der Waals surface area contributed by atoms with Gasteiger partial charge in [0.15, 0.2) is 5.78 Å². The lowest BCUT2D eigenvalue weighted by Gasteiger charge is -2.59. The number of aromatic nitrogens is 2. The Bertz CT molecular complexity index is 871. The average Bonchev–Trinajstić information content (AvgIpc) is 3.36. The molecule has 5 nitrogen and oxygen atoms in total. The molecule has 5 heteroatoms. The number of Topliss-reactive ketones (excluding diaryl/α,β-unsaturated/α-hetero) is 1. The van der Waals surface area contributed by atoms with Crippen LogP contribution in [0.25, 0.3) is 0 Å². The minimum atomic E-state index is 0.0892. The number of ketones is 1. The smallest absolute Gasteiger partial charge is 0.157 e. The maximum Gasteiger partial charge on any atom is 0.157 e. The zero-order valence-corrected chi connectivity index (χ0v) is 19.4. The molecule has 168 valence electrons. The minimum absolute atomic E-state index is 0.0892. The molecular weight excluding hydrogens is 384 g/mol. The number of nitrogens with one attached hydrogen (secondary N) is 1. The predicted octanol–water partition coefficient (Wildman–Crippen LogP) is 4.43. The van der Waals surface area contributed by atoms with Gasteiger partial charge in [-0.15, -0.1) is 0 Å². The Morgan fingerprint density at radius 2 is 2.06 bits per heavy atom. The van der Waals surface area contributed by atoms with Crippen molar-refractivity contribution in [3.63, 3.8) is 0 Å². The fourth-order valence-corrected chi connectivity index (χ4v) is 8.82. The third kappa shape index (κ3) is 3.46. The van der Waals surface area contributed by atoms with Crippen molar-refractivity contribution in [1.29, 1.82) is 5.26 Å². The van der Waals surface area contributed by atoms with Gasteiger partial charge in [0.2, 0.25) is 0 Å². The molecule has 0 spiro atoms. The van der Waals surface area contributed by atoms with Crippen LogP contribution in [0.15, 0.2) is 12.4 Å². The van der Waals surface area contributed by atoms with Crippen molar-refractivity contribution in [3.05, 3.63) is 18.0 Å². The Balaban J connectivity index is 1.37. The number of hydrogen-bond donors (Lipinski definition) is 1. The molecule has 8 unspecified atom stereocenters. The van der Waals surface area contributed by atoms with Crippen LogP contribution in [0.4, 0.5) is 0 Å². The first-order chi connectivity index (χ1) is 14.9. The van der Waals surface area contributed by atoms with E-state index in [1.165, 1.54) is 38.5 Å². The lowest BCUT2D eigenvalue weighted by atomic mass is 9.47. The molecule has 9 atom stereocenters. The molecule has 0 radical (unpaired) electrons. The topological polar surface area (TPSA) is 70.7 Å². The first-order valence-electron chi connectivity index (χ1n) is 12.6. The van der Waals surface area contributed by atoms with Gasteiger partial charge in [-0.05, 0) is 92.9 Å². The van der Waals surface area contributed by atoms with Crippen LogP contribution in [0.3, 0.4) is 0 Å². The molecular formula is C26H38N4O. The lowest BCUT2D eigenvalue weighted by molar-refractivity contribution is -0.133. The van der Waals surface area contributed by atoms with Gasteiger partial charge in [0.05, 0.1) is 18.3 Å². The molecule has 31 heavy (non-hydrogen) atoms. The van der Waals surface area contributed by atoms with E-state index in [1.807, 2.05) is 0 Å². The molecule has 4 fully saturated rings. The molecule has 1 N–H and O–H groups in total. The Morgan fingerprint density at radius 1 is 1.26 bits per heavy atom. The highest BCUT2D eigenvalue weighted by molar-refractivity contribution is 5.82. The Kier molecular flexibility index (Phi) is 5.49. The molecule has 0 bridgehead atoms. The van der Waals surface area contributed by atoms with E-state index in [1.54, 1.807) is 17.1 Å². The average molecular weight is 423 g/mol. The van der Waals surface area contributed by atoms with Crippen LogP contribution in [0.5, 0.6) is 0 Å². The van der Waals surface area contributed by atoms with Gasteiger partial charge in [0.1, 0.15) is 6.07 Å². The second kappa shape index (κ2) is 8.03. The first kappa shape index (κ1) is 21.2. The highest BCUT2D eigenvalue weighted by Gasteiger charge is 2.60. The van der Waals surface area contributed by atoms with E-state index in [0.29, 0.717) is 29.9 Å². The molecule has 0 aromatic carbocycles. The number of nitrogens with zero attached hydrogens (tertiary/aromatic N) is 3. The second-order valence-corrected chi connectivity index (χ2v) is 11.5. The number of carbonyl (C=O) groups excluding carboxylic acids is 1. The largest absolute Gasteiger partial charge is 0.317 e. The number of rotatable bonds is 4. The maximum absolute atomic E-state index is 13.4. The van der Waals surface area contributed by atoms with E-state index in [0.717, 1.165) is 42.4 Å². The summed E-state index contributed by atoms with van der Waals surface area (Å²) in [6.45, 7) is 5.17. The fraction of sp³-hybridized carbons (Fsp3) is 0.808. The summed E-state index contributed by atoms with van der Waals surface area (Å²) >= 11 is 0. The standard InChI is InChI=1S/C26H38N4O/c1-16-4-6-19-18(10-16)5-7-20-21-8-9-22(26(21,2)11-23(28-3)25(19)20)24(31)15-30-14-17(12-27)13-29-30/h13-14,16,18-23,25,28H,4-11,15H2,1-3H3/t16?,18?,19?,20?,21?,22?,23?,25-,26?/m1/s1. The van der Waals surface area contributed by atoms with Crippen LogP contribution in [-0.4, -0.2) is 28.7 Å². The molecule has 1 aromatic heterocycles. The fourth-order valence-electron chi connectivity index (χ4n) is 8.82. The SMILES string of the molecule is CNC1CC2(C)C(C(=O)Cn3cc(C#N)cn3)CCC2C2CCC3CC(C)CCC3[C@@H]12. The van der Waals surface area contributed by atoms with Crippen molar-refractivity contribution in [2.45, 2.75) is 77.8 Å². The molecule has 0 amide bonds. The molecule has 4 saturated carbocycles. The molecule has 4 aliphatic carbocycles. The highest BCUT2D eigenvalue weighted by atomic mass is 16.1. The van der Waals surface area contributed by atoms with Crippen LogP contribution in [0.2, 0.25) is 0 Å². The zero-order valence-electron chi connectivity index (χ0n) is 19.4. The monoisotopic (exact) mass is 422 g/mol. The zero-order chi connectivity index (χ0) is 21.8. The Morgan fingerprint density at radius 3 is 2.81 bits per heavy atom. The van der Waals surface area contributed by atoms with Crippen molar-refractivity contribution >= 4 is 5.78 Å². The van der Waals surface area contributed by atoms with Crippen LogP contribution in [0.1, 0.15) is 70.8 Å². The van der Waals surface area contributed by atoms with Gasteiger partial charge in [-0.25, -0.2) is 0 Å². The molecule has 0 saturated heterocycles. The summed E-state index contributed by atoms with van der Waals surface area (Å²) in [5, 5.41) is 17.0. The highest BCUT2D eigenvalue weighted by Crippen LogP contribution is 2.64. The van der Waals surface area contributed by atoms with Gasteiger partial charge in [-0.3, -0.25) is 9.48 Å². The third-order valence-electron chi connectivity index (χ3n) is 10.1. The van der Waals surface area contributed by atoms with Crippen molar-refractivity contribution in [2.75, 3.05) is 7.05 Å². The molecule has 0 aliphatic heterocycles. The predicted molar refractivity (Wildman–Crippen MR) is 120 cm³/mol. The van der Waals surface area contributed by atoms with E-state index >= 15 is 0 Å². The van der Waals surface area contributed by atoms with Crippen LogP contribution < -0.4 is 5.32 Å². The lowest BCUT2D eigenvalue weighted by Crippen LogP contribution is -2.58. The first-order valence-corrected chi connectivity index (χ1v) is 12.6. The molecule has 5 rings (SSSR count). The Labute approximate surface area is 187 Å².